The second-order valence-corrected chi connectivity index (χ2v) is 8.40. The lowest BCUT2D eigenvalue weighted by Gasteiger charge is -2.10. The minimum atomic E-state index is -0.608. The lowest BCUT2D eigenvalue weighted by Crippen LogP contribution is -2.22. The van der Waals surface area contributed by atoms with E-state index in [1.54, 1.807) is 6.07 Å². The molecule has 0 aliphatic heterocycles. The van der Waals surface area contributed by atoms with Crippen molar-refractivity contribution in [3.05, 3.63) is 45.3 Å². The molecule has 1 aromatic heterocycles. The molecular formula is C21H24N2O4S. The van der Waals surface area contributed by atoms with Crippen molar-refractivity contribution < 1.29 is 19.1 Å². The van der Waals surface area contributed by atoms with Crippen LogP contribution in [0, 0.1) is 33.6 Å². The Labute approximate surface area is 168 Å². The maximum atomic E-state index is 12.6. The number of ether oxygens (including phenoxy) is 1. The zero-order valence-electron chi connectivity index (χ0n) is 16.5. The Morgan fingerprint density at radius 3 is 2.43 bits per heavy atom. The van der Waals surface area contributed by atoms with E-state index in [4.69, 9.17) is 4.74 Å². The summed E-state index contributed by atoms with van der Waals surface area (Å²) in [5, 5.41) is 6.05. The van der Waals surface area contributed by atoms with Gasteiger partial charge in [-0.15, -0.1) is 11.3 Å². The van der Waals surface area contributed by atoms with Gasteiger partial charge in [-0.3, -0.25) is 9.59 Å². The molecule has 1 saturated carbocycles. The fourth-order valence-corrected chi connectivity index (χ4v) is 3.79. The van der Waals surface area contributed by atoms with Gasteiger partial charge in [0.2, 0.25) is 5.91 Å². The molecule has 0 unspecified atom stereocenters. The molecule has 2 aromatic rings. The van der Waals surface area contributed by atoms with Crippen LogP contribution in [0.2, 0.25) is 0 Å². The average Bonchev–Trinajstić information content (AvgIpc) is 3.44. The molecule has 0 radical (unpaired) electrons. The van der Waals surface area contributed by atoms with Gasteiger partial charge in [-0.25, -0.2) is 4.79 Å². The van der Waals surface area contributed by atoms with Gasteiger partial charge < -0.3 is 15.4 Å². The van der Waals surface area contributed by atoms with E-state index in [0.29, 0.717) is 16.3 Å². The van der Waals surface area contributed by atoms with Gasteiger partial charge in [0.05, 0.1) is 5.56 Å². The Balaban J connectivity index is 1.63. The van der Waals surface area contributed by atoms with E-state index in [2.05, 4.69) is 10.6 Å². The maximum absolute atomic E-state index is 12.6. The Hall–Kier alpha value is -2.67. The summed E-state index contributed by atoms with van der Waals surface area (Å²) >= 11 is 1.35. The lowest BCUT2D eigenvalue weighted by atomic mass is 10.1. The normalized spacial score (nSPS) is 13.1. The summed E-state index contributed by atoms with van der Waals surface area (Å²) in [5.74, 6) is -1.05. The summed E-state index contributed by atoms with van der Waals surface area (Å²) in [4.78, 5) is 37.7. The molecule has 1 heterocycles. The molecule has 0 spiro atoms. The van der Waals surface area contributed by atoms with Crippen LogP contribution in [0.4, 0.5) is 10.7 Å². The molecule has 7 heteroatoms. The minimum absolute atomic E-state index is 0.0373. The smallest absolute Gasteiger partial charge is 0.341 e. The fourth-order valence-electron chi connectivity index (χ4n) is 2.74. The average molecular weight is 401 g/mol. The van der Waals surface area contributed by atoms with Crippen molar-refractivity contribution in [2.75, 3.05) is 17.2 Å². The van der Waals surface area contributed by atoms with Crippen molar-refractivity contribution >= 4 is 39.8 Å². The zero-order chi connectivity index (χ0) is 20.4. The third-order valence-electron chi connectivity index (χ3n) is 4.90. The van der Waals surface area contributed by atoms with Crippen LogP contribution in [0.1, 0.15) is 44.8 Å². The monoisotopic (exact) mass is 400 g/mol. The van der Waals surface area contributed by atoms with Crippen LogP contribution in [0.3, 0.4) is 0 Å². The number of carbonyl (C=O) groups excluding carboxylic acids is 3. The van der Waals surface area contributed by atoms with Crippen molar-refractivity contribution in [2.45, 2.75) is 40.5 Å². The van der Waals surface area contributed by atoms with E-state index in [1.807, 2.05) is 39.8 Å². The molecule has 0 bridgehead atoms. The Kier molecular flexibility index (Phi) is 5.84. The standard InChI is InChI=1S/C21H24N2O4S/c1-11-5-8-16(9-12(11)2)22-17(24)10-27-21(26)18-13(3)14(4)28-20(18)23-19(25)15-6-7-15/h5,8-9,15H,6-7,10H2,1-4H3,(H,22,24)(H,23,25). The van der Waals surface area contributed by atoms with E-state index < -0.39 is 18.5 Å². The Morgan fingerprint density at radius 2 is 1.79 bits per heavy atom. The number of rotatable bonds is 6. The highest BCUT2D eigenvalue weighted by Crippen LogP contribution is 2.36. The maximum Gasteiger partial charge on any atom is 0.341 e. The van der Waals surface area contributed by atoms with Crippen LogP contribution in [-0.2, 0) is 14.3 Å². The van der Waals surface area contributed by atoms with Gasteiger partial charge in [0.15, 0.2) is 6.61 Å². The van der Waals surface area contributed by atoms with Crippen LogP contribution < -0.4 is 10.6 Å². The highest BCUT2D eigenvalue weighted by atomic mass is 32.1. The van der Waals surface area contributed by atoms with E-state index >= 15 is 0 Å². The Morgan fingerprint density at radius 1 is 1.07 bits per heavy atom. The first-order chi connectivity index (χ1) is 13.3. The van der Waals surface area contributed by atoms with Crippen molar-refractivity contribution in [1.82, 2.24) is 0 Å². The summed E-state index contributed by atoms with van der Waals surface area (Å²) in [5.41, 5.74) is 3.94. The first-order valence-corrected chi connectivity index (χ1v) is 10.0. The SMILES string of the molecule is Cc1ccc(NC(=O)COC(=O)c2c(NC(=O)C3CC3)sc(C)c2C)cc1C. The van der Waals surface area contributed by atoms with Gasteiger partial charge in [0.1, 0.15) is 5.00 Å². The summed E-state index contributed by atoms with van der Waals surface area (Å²) in [7, 11) is 0. The molecule has 1 aromatic carbocycles. The molecule has 1 aliphatic carbocycles. The summed E-state index contributed by atoms with van der Waals surface area (Å²) in [6, 6.07) is 5.59. The molecular weight excluding hydrogens is 376 g/mol. The predicted molar refractivity (Wildman–Crippen MR) is 110 cm³/mol. The minimum Gasteiger partial charge on any atom is -0.452 e. The number of amides is 2. The van der Waals surface area contributed by atoms with Crippen molar-refractivity contribution in [3.63, 3.8) is 0 Å². The Bertz CT molecular complexity index is 944. The van der Waals surface area contributed by atoms with E-state index in [9.17, 15) is 14.4 Å². The number of carbonyl (C=O) groups is 3. The molecule has 1 aliphatic rings. The number of hydrogen-bond donors (Lipinski definition) is 2. The van der Waals surface area contributed by atoms with Crippen molar-refractivity contribution in [1.29, 1.82) is 0 Å². The molecule has 28 heavy (non-hydrogen) atoms. The molecule has 0 atom stereocenters. The third-order valence-corrected chi connectivity index (χ3v) is 6.02. The van der Waals surface area contributed by atoms with Crippen LogP contribution >= 0.6 is 11.3 Å². The third kappa shape index (κ3) is 4.59. The number of thiophene rings is 1. The van der Waals surface area contributed by atoms with Crippen LogP contribution in [0.5, 0.6) is 0 Å². The van der Waals surface area contributed by atoms with Gasteiger partial charge in [0.25, 0.3) is 5.91 Å². The van der Waals surface area contributed by atoms with Crippen LogP contribution in [-0.4, -0.2) is 24.4 Å². The van der Waals surface area contributed by atoms with Gasteiger partial charge >= 0.3 is 5.97 Å². The number of aryl methyl sites for hydroxylation is 3. The second kappa shape index (κ2) is 8.14. The van der Waals surface area contributed by atoms with Crippen molar-refractivity contribution in [2.24, 2.45) is 5.92 Å². The zero-order valence-corrected chi connectivity index (χ0v) is 17.3. The fraction of sp³-hybridized carbons (Fsp3) is 0.381. The molecule has 0 saturated heterocycles. The summed E-state index contributed by atoms with van der Waals surface area (Å²) in [6.07, 6.45) is 1.77. The van der Waals surface area contributed by atoms with Crippen molar-refractivity contribution in [3.8, 4) is 0 Å². The van der Waals surface area contributed by atoms with Gasteiger partial charge in [-0.2, -0.15) is 0 Å². The number of nitrogens with one attached hydrogen (secondary N) is 2. The first kappa shape index (κ1) is 20.1. The number of anilines is 2. The predicted octanol–water partition coefficient (Wildman–Crippen LogP) is 4.13. The topological polar surface area (TPSA) is 84.5 Å². The number of esters is 1. The number of benzene rings is 1. The van der Waals surface area contributed by atoms with Gasteiger partial charge in [-0.1, -0.05) is 6.07 Å². The summed E-state index contributed by atoms with van der Waals surface area (Å²) < 4.78 is 5.21. The quantitative estimate of drug-likeness (QED) is 0.714. The molecule has 6 nitrogen and oxygen atoms in total. The highest BCUT2D eigenvalue weighted by Gasteiger charge is 2.31. The van der Waals surface area contributed by atoms with Crippen LogP contribution in [0.15, 0.2) is 18.2 Å². The molecule has 2 N–H and O–H groups in total. The van der Waals surface area contributed by atoms with Gasteiger partial charge in [-0.05, 0) is 69.4 Å². The number of hydrogen-bond acceptors (Lipinski definition) is 5. The lowest BCUT2D eigenvalue weighted by molar-refractivity contribution is -0.119. The first-order valence-electron chi connectivity index (χ1n) is 9.21. The van der Waals surface area contributed by atoms with Crippen LogP contribution in [0.25, 0.3) is 0 Å². The second-order valence-electron chi connectivity index (χ2n) is 7.17. The summed E-state index contributed by atoms with van der Waals surface area (Å²) in [6.45, 7) is 7.26. The molecule has 1 fully saturated rings. The largest absolute Gasteiger partial charge is 0.452 e. The van der Waals surface area contributed by atoms with E-state index in [0.717, 1.165) is 34.4 Å². The molecule has 148 valence electrons. The molecule has 2 amide bonds. The highest BCUT2D eigenvalue weighted by molar-refractivity contribution is 7.16. The molecule has 3 rings (SSSR count). The van der Waals surface area contributed by atoms with E-state index in [-0.39, 0.29) is 11.8 Å². The van der Waals surface area contributed by atoms with E-state index in [1.165, 1.54) is 11.3 Å². The van der Waals surface area contributed by atoms with Gasteiger partial charge in [0, 0.05) is 16.5 Å².